The van der Waals surface area contributed by atoms with Gasteiger partial charge in [-0.3, -0.25) is 9.59 Å². The van der Waals surface area contributed by atoms with Crippen LogP contribution in [0.1, 0.15) is 49.4 Å². The fourth-order valence-corrected chi connectivity index (χ4v) is 3.09. The molecule has 1 aromatic rings. The van der Waals surface area contributed by atoms with Crippen LogP contribution in [0.5, 0.6) is 5.75 Å². The Hall–Kier alpha value is -2.55. The summed E-state index contributed by atoms with van der Waals surface area (Å²) in [7, 11) is 1.67. The Kier molecular flexibility index (Phi) is 5.45. The number of hydrogen-bond acceptors (Lipinski definition) is 4. The van der Waals surface area contributed by atoms with Gasteiger partial charge in [-0.05, 0) is 44.0 Å². The van der Waals surface area contributed by atoms with Crippen LogP contribution in [0.3, 0.4) is 0 Å². The van der Waals surface area contributed by atoms with Crippen molar-refractivity contribution in [1.82, 2.24) is 4.90 Å². The Labute approximate surface area is 142 Å². The SMILES string of the molecule is C[C@H](Oc1ccc(C(N)=O)cc1)C(=O)N(C)C1(C#N)CCCCC1. The average Bonchev–Trinajstić information content (AvgIpc) is 2.61. The van der Waals surface area contributed by atoms with Crippen molar-refractivity contribution in [3.05, 3.63) is 29.8 Å². The van der Waals surface area contributed by atoms with Gasteiger partial charge in [0.2, 0.25) is 5.91 Å². The fourth-order valence-electron chi connectivity index (χ4n) is 3.09. The molecule has 1 aromatic carbocycles. The topological polar surface area (TPSA) is 96.4 Å². The van der Waals surface area contributed by atoms with E-state index in [4.69, 9.17) is 10.5 Å². The summed E-state index contributed by atoms with van der Waals surface area (Å²) in [6, 6.07) is 8.64. The molecule has 0 aromatic heterocycles. The molecular formula is C18H23N3O3. The van der Waals surface area contributed by atoms with Crippen LogP contribution in [0.2, 0.25) is 0 Å². The molecule has 1 saturated carbocycles. The van der Waals surface area contributed by atoms with E-state index in [1.54, 1.807) is 38.2 Å². The minimum absolute atomic E-state index is 0.225. The van der Waals surface area contributed by atoms with Gasteiger partial charge in [0.1, 0.15) is 11.3 Å². The van der Waals surface area contributed by atoms with Gasteiger partial charge < -0.3 is 15.4 Å². The summed E-state index contributed by atoms with van der Waals surface area (Å²) in [6.45, 7) is 1.66. The molecule has 1 aliphatic rings. The third-order valence-corrected chi connectivity index (χ3v) is 4.66. The molecule has 0 saturated heterocycles. The number of likely N-dealkylation sites (N-methyl/N-ethyl adjacent to an activating group) is 1. The lowest BCUT2D eigenvalue weighted by Gasteiger charge is -2.40. The molecule has 6 heteroatoms. The van der Waals surface area contributed by atoms with Crippen LogP contribution < -0.4 is 10.5 Å². The quantitative estimate of drug-likeness (QED) is 0.896. The fraction of sp³-hybridized carbons (Fsp3) is 0.500. The van der Waals surface area contributed by atoms with E-state index in [9.17, 15) is 14.9 Å². The Morgan fingerprint density at radius 2 is 1.83 bits per heavy atom. The van der Waals surface area contributed by atoms with E-state index < -0.39 is 17.6 Å². The maximum atomic E-state index is 12.7. The predicted molar refractivity (Wildman–Crippen MR) is 89.2 cm³/mol. The Bertz CT molecular complexity index is 642. The molecule has 0 unspecified atom stereocenters. The number of hydrogen-bond donors (Lipinski definition) is 1. The minimum atomic E-state index is -0.733. The molecule has 1 atom stereocenters. The number of ether oxygens (including phenoxy) is 1. The second-order valence-corrected chi connectivity index (χ2v) is 6.25. The zero-order valence-electron chi connectivity index (χ0n) is 14.1. The van der Waals surface area contributed by atoms with Crippen LogP contribution >= 0.6 is 0 Å². The normalized spacial score (nSPS) is 17.4. The molecule has 2 amide bonds. The van der Waals surface area contributed by atoms with Crippen molar-refractivity contribution in [1.29, 1.82) is 5.26 Å². The highest BCUT2D eigenvalue weighted by Crippen LogP contribution is 2.33. The number of amides is 2. The van der Waals surface area contributed by atoms with Crippen LogP contribution in [0, 0.1) is 11.3 Å². The van der Waals surface area contributed by atoms with Gasteiger partial charge in [0.15, 0.2) is 6.10 Å². The summed E-state index contributed by atoms with van der Waals surface area (Å²) in [5, 5.41) is 9.59. The predicted octanol–water partition coefficient (Wildman–Crippen LogP) is 2.24. The number of benzene rings is 1. The summed E-state index contributed by atoms with van der Waals surface area (Å²) in [5.41, 5.74) is 4.84. The summed E-state index contributed by atoms with van der Waals surface area (Å²) >= 11 is 0. The number of primary amides is 1. The van der Waals surface area contributed by atoms with Crippen LogP contribution in [-0.2, 0) is 4.79 Å². The van der Waals surface area contributed by atoms with Crippen molar-refractivity contribution in [2.24, 2.45) is 5.73 Å². The van der Waals surface area contributed by atoms with Crippen LogP contribution in [0.4, 0.5) is 0 Å². The number of nitriles is 1. The molecule has 0 radical (unpaired) electrons. The lowest BCUT2D eigenvalue weighted by Crippen LogP contribution is -2.53. The van der Waals surface area contributed by atoms with Gasteiger partial charge in [0.05, 0.1) is 6.07 Å². The Balaban J connectivity index is 2.05. The summed E-state index contributed by atoms with van der Waals surface area (Å²) in [4.78, 5) is 25.3. The number of nitrogens with two attached hydrogens (primary N) is 1. The molecule has 1 fully saturated rings. The van der Waals surface area contributed by atoms with Crippen molar-refractivity contribution in [2.75, 3.05) is 7.05 Å². The first-order chi connectivity index (χ1) is 11.4. The number of nitrogens with zero attached hydrogens (tertiary/aromatic N) is 2. The average molecular weight is 329 g/mol. The number of carbonyl (C=O) groups excluding carboxylic acids is 2. The van der Waals surface area contributed by atoms with Crippen LogP contribution in [-0.4, -0.2) is 35.4 Å². The van der Waals surface area contributed by atoms with Crippen molar-refractivity contribution in [2.45, 2.75) is 50.7 Å². The lowest BCUT2D eigenvalue weighted by molar-refractivity contribution is -0.141. The van der Waals surface area contributed by atoms with Crippen LogP contribution in [0.25, 0.3) is 0 Å². The third kappa shape index (κ3) is 3.67. The zero-order valence-corrected chi connectivity index (χ0v) is 14.1. The highest BCUT2D eigenvalue weighted by Gasteiger charge is 2.40. The van der Waals surface area contributed by atoms with Crippen molar-refractivity contribution < 1.29 is 14.3 Å². The van der Waals surface area contributed by atoms with Gasteiger partial charge in [-0.2, -0.15) is 5.26 Å². The molecule has 1 aliphatic carbocycles. The van der Waals surface area contributed by atoms with Gasteiger partial charge in [-0.15, -0.1) is 0 Å². The highest BCUT2D eigenvalue weighted by molar-refractivity contribution is 5.92. The van der Waals surface area contributed by atoms with E-state index in [2.05, 4.69) is 6.07 Å². The second-order valence-electron chi connectivity index (χ2n) is 6.25. The van der Waals surface area contributed by atoms with Crippen molar-refractivity contribution in [3.63, 3.8) is 0 Å². The van der Waals surface area contributed by atoms with E-state index in [1.807, 2.05) is 0 Å². The molecule has 0 aliphatic heterocycles. The smallest absolute Gasteiger partial charge is 0.264 e. The van der Waals surface area contributed by atoms with Gasteiger partial charge in [0, 0.05) is 12.6 Å². The molecule has 0 spiro atoms. The molecule has 0 heterocycles. The zero-order chi connectivity index (χ0) is 17.7. The first-order valence-electron chi connectivity index (χ1n) is 8.15. The maximum Gasteiger partial charge on any atom is 0.264 e. The summed E-state index contributed by atoms with van der Waals surface area (Å²) in [6.07, 6.45) is 3.69. The van der Waals surface area contributed by atoms with Gasteiger partial charge >= 0.3 is 0 Å². The molecule has 2 rings (SSSR count). The second kappa shape index (κ2) is 7.35. The molecule has 0 bridgehead atoms. The maximum absolute atomic E-state index is 12.7. The third-order valence-electron chi connectivity index (χ3n) is 4.66. The monoisotopic (exact) mass is 329 g/mol. The molecule has 2 N–H and O–H groups in total. The molecule has 128 valence electrons. The van der Waals surface area contributed by atoms with E-state index in [1.165, 1.54) is 4.90 Å². The lowest BCUT2D eigenvalue weighted by atomic mass is 9.81. The van der Waals surface area contributed by atoms with E-state index in [-0.39, 0.29) is 5.91 Å². The Morgan fingerprint density at radius 3 is 2.33 bits per heavy atom. The van der Waals surface area contributed by atoms with Gasteiger partial charge in [-0.1, -0.05) is 19.3 Å². The first-order valence-corrected chi connectivity index (χ1v) is 8.15. The van der Waals surface area contributed by atoms with Crippen molar-refractivity contribution in [3.8, 4) is 11.8 Å². The standard InChI is InChI=1S/C18H23N3O3/c1-13(24-15-8-6-14(7-9-15)16(20)22)17(23)21(2)18(12-19)10-4-3-5-11-18/h6-9,13H,3-5,10-11H2,1-2H3,(H2,20,22)/t13-/m0/s1. The summed E-state index contributed by atoms with van der Waals surface area (Å²) in [5.74, 6) is -0.264. The first kappa shape index (κ1) is 17.8. The van der Waals surface area contributed by atoms with E-state index in [0.29, 0.717) is 24.2 Å². The van der Waals surface area contributed by atoms with Gasteiger partial charge in [-0.25, -0.2) is 0 Å². The highest BCUT2D eigenvalue weighted by atomic mass is 16.5. The van der Waals surface area contributed by atoms with Crippen molar-refractivity contribution >= 4 is 11.8 Å². The number of carbonyl (C=O) groups is 2. The summed E-state index contributed by atoms with van der Waals surface area (Å²) < 4.78 is 5.66. The molecular weight excluding hydrogens is 306 g/mol. The van der Waals surface area contributed by atoms with E-state index in [0.717, 1.165) is 19.3 Å². The minimum Gasteiger partial charge on any atom is -0.481 e. The van der Waals surface area contributed by atoms with Gasteiger partial charge in [0.25, 0.3) is 5.91 Å². The molecule has 6 nitrogen and oxygen atoms in total. The molecule has 24 heavy (non-hydrogen) atoms. The Morgan fingerprint density at radius 1 is 1.25 bits per heavy atom. The largest absolute Gasteiger partial charge is 0.481 e. The number of rotatable bonds is 5. The van der Waals surface area contributed by atoms with Crippen LogP contribution in [0.15, 0.2) is 24.3 Å². The van der Waals surface area contributed by atoms with E-state index >= 15 is 0 Å².